The predicted molar refractivity (Wildman–Crippen MR) is 70.0 cm³/mol. The molecule has 1 N–H and O–H groups in total. The SMILES string of the molecule is Cc1nnc(CN[C@@H](C)[C@@H]2COc3ccccc32)o1. The van der Waals surface area contributed by atoms with Gasteiger partial charge in [-0.25, -0.2) is 0 Å². The van der Waals surface area contributed by atoms with Crippen molar-refractivity contribution in [3.63, 3.8) is 0 Å². The molecule has 0 fully saturated rings. The molecule has 0 radical (unpaired) electrons. The van der Waals surface area contributed by atoms with Crippen molar-refractivity contribution in [3.05, 3.63) is 41.6 Å². The van der Waals surface area contributed by atoms with Crippen LogP contribution in [0.2, 0.25) is 0 Å². The average molecular weight is 259 g/mol. The Morgan fingerprint density at radius 1 is 1.37 bits per heavy atom. The van der Waals surface area contributed by atoms with Crippen LogP contribution in [0.4, 0.5) is 0 Å². The van der Waals surface area contributed by atoms with Crippen molar-refractivity contribution >= 4 is 0 Å². The molecule has 0 bridgehead atoms. The van der Waals surface area contributed by atoms with Gasteiger partial charge in [-0.3, -0.25) is 0 Å². The highest BCUT2D eigenvalue weighted by molar-refractivity contribution is 5.40. The lowest BCUT2D eigenvalue weighted by molar-refractivity contribution is 0.299. The molecular formula is C14H17N3O2. The molecule has 0 saturated carbocycles. The van der Waals surface area contributed by atoms with Gasteiger partial charge in [0.05, 0.1) is 13.2 Å². The van der Waals surface area contributed by atoms with Gasteiger partial charge in [0.1, 0.15) is 5.75 Å². The largest absolute Gasteiger partial charge is 0.493 e. The standard InChI is InChI=1S/C14H17N3O2/c1-9(15-7-14-17-16-10(2)19-14)12-8-18-13-6-4-3-5-11(12)13/h3-6,9,12,15H,7-8H2,1-2H3/t9-,12-/m0/s1. The number of ether oxygens (including phenoxy) is 1. The van der Waals surface area contributed by atoms with Crippen molar-refractivity contribution in [2.45, 2.75) is 32.4 Å². The molecule has 100 valence electrons. The molecule has 1 aliphatic rings. The predicted octanol–water partition coefficient (Wildman–Crippen LogP) is 2.03. The van der Waals surface area contributed by atoms with Gasteiger partial charge in [0.25, 0.3) is 0 Å². The fraction of sp³-hybridized carbons (Fsp3) is 0.429. The first-order valence-electron chi connectivity index (χ1n) is 6.48. The van der Waals surface area contributed by atoms with E-state index in [9.17, 15) is 0 Å². The molecule has 5 heteroatoms. The van der Waals surface area contributed by atoms with Crippen LogP contribution in [0.15, 0.2) is 28.7 Å². The third-order valence-corrected chi connectivity index (χ3v) is 3.48. The first-order chi connectivity index (χ1) is 9.24. The third-order valence-electron chi connectivity index (χ3n) is 3.48. The van der Waals surface area contributed by atoms with E-state index in [1.807, 2.05) is 12.1 Å². The minimum atomic E-state index is 0.288. The maximum atomic E-state index is 5.70. The molecule has 0 aliphatic carbocycles. The summed E-state index contributed by atoms with van der Waals surface area (Å²) in [7, 11) is 0. The molecule has 3 rings (SSSR count). The number of hydrogen-bond donors (Lipinski definition) is 1. The molecule has 0 spiro atoms. The second-order valence-corrected chi connectivity index (χ2v) is 4.84. The minimum Gasteiger partial charge on any atom is -0.493 e. The molecular weight excluding hydrogens is 242 g/mol. The Morgan fingerprint density at radius 2 is 2.21 bits per heavy atom. The second kappa shape index (κ2) is 5.01. The van der Waals surface area contributed by atoms with Gasteiger partial charge in [-0.1, -0.05) is 18.2 Å². The molecule has 2 aromatic rings. The van der Waals surface area contributed by atoms with Crippen LogP contribution in [-0.4, -0.2) is 22.8 Å². The van der Waals surface area contributed by atoms with E-state index in [1.165, 1.54) is 5.56 Å². The number of aromatic nitrogens is 2. The summed E-state index contributed by atoms with van der Waals surface area (Å²) >= 11 is 0. The van der Waals surface area contributed by atoms with Crippen LogP contribution < -0.4 is 10.1 Å². The summed E-state index contributed by atoms with van der Waals surface area (Å²) in [5.74, 6) is 2.57. The maximum Gasteiger partial charge on any atom is 0.230 e. The highest BCUT2D eigenvalue weighted by Gasteiger charge is 2.28. The van der Waals surface area contributed by atoms with Crippen LogP contribution in [-0.2, 0) is 6.54 Å². The molecule has 2 heterocycles. The summed E-state index contributed by atoms with van der Waals surface area (Å²) in [6, 6.07) is 8.48. The first kappa shape index (κ1) is 12.2. The van der Waals surface area contributed by atoms with Crippen molar-refractivity contribution in [1.82, 2.24) is 15.5 Å². The van der Waals surface area contributed by atoms with E-state index in [2.05, 4.69) is 34.6 Å². The van der Waals surface area contributed by atoms with E-state index >= 15 is 0 Å². The zero-order chi connectivity index (χ0) is 13.2. The Labute approximate surface area is 112 Å². The number of fused-ring (bicyclic) bond motifs is 1. The lowest BCUT2D eigenvalue weighted by Crippen LogP contribution is -2.32. The minimum absolute atomic E-state index is 0.288. The molecule has 1 aromatic carbocycles. The number of hydrogen-bond acceptors (Lipinski definition) is 5. The Morgan fingerprint density at radius 3 is 3.00 bits per heavy atom. The number of para-hydroxylation sites is 1. The van der Waals surface area contributed by atoms with Gasteiger partial charge in [-0.15, -0.1) is 10.2 Å². The van der Waals surface area contributed by atoms with Gasteiger partial charge in [0.2, 0.25) is 11.8 Å². The van der Waals surface area contributed by atoms with Gasteiger partial charge in [-0.05, 0) is 13.0 Å². The van der Waals surface area contributed by atoms with Crippen LogP contribution in [0.1, 0.15) is 30.2 Å². The molecule has 19 heavy (non-hydrogen) atoms. The van der Waals surface area contributed by atoms with Crippen molar-refractivity contribution < 1.29 is 9.15 Å². The quantitative estimate of drug-likeness (QED) is 0.910. The fourth-order valence-electron chi connectivity index (χ4n) is 2.40. The fourth-order valence-corrected chi connectivity index (χ4v) is 2.40. The summed E-state index contributed by atoms with van der Waals surface area (Å²) in [5.41, 5.74) is 1.27. The van der Waals surface area contributed by atoms with E-state index < -0.39 is 0 Å². The van der Waals surface area contributed by atoms with Crippen LogP contribution in [0.25, 0.3) is 0 Å². The Kier molecular flexibility index (Phi) is 3.21. The van der Waals surface area contributed by atoms with Crippen LogP contribution in [0, 0.1) is 6.92 Å². The number of nitrogens with zero attached hydrogens (tertiary/aromatic N) is 2. The van der Waals surface area contributed by atoms with E-state index in [0.717, 1.165) is 12.4 Å². The number of benzene rings is 1. The van der Waals surface area contributed by atoms with Gasteiger partial charge in [-0.2, -0.15) is 0 Å². The molecule has 0 amide bonds. The number of aryl methyl sites for hydroxylation is 1. The van der Waals surface area contributed by atoms with Crippen molar-refractivity contribution in [1.29, 1.82) is 0 Å². The molecule has 0 saturated heterocycles. The van der Waals surface area contributed by atoms with Crippen molar-refractivity contribution in [3.8, 4) is 5.75 Å². The third kappa shape index (κ3) is 2.46. The Bertz CT molecular complexity index is 567. The van der Waals surface area contributed by atoms with Gasteiger partial charge < -0.3 is 14.5 Å². The Balaban J connectivity index is 1.64. The van der Waals surface area contributed by atoms with E-state index in [0.29, 0.717) is 24.2 Å². The van der Waals surface area contributed by atoms with Gasteiger partial charge in [0.15, 0.2) is 0 Å². The first-order valence-corrected chi connectivity index (χ1v) is 6.48. The van der Waals surface area contributed by atoms with Crippen LogP contribution in [0.5, 0.6) is 5.75 Å². The van der Waals surface area contributed by atoms with Gasteiger partial charge >= 0.3 is 0 Å². The average Bonchev–Trinajstić information content (AvgIpc) is 3.02. The lowest BCUT2D eigenvalue weighted by Gasteiger charge is -2.18. The summed E-state index contributed by atoms with van der Waals surface area (Å²) in [5, 5.41) is 11.2. The topological polar surface area (TPSA) is 60.2 Å². The highest BCUT2D eigenvalue weighted by Crippen LogP contribution is 2.35. The normalized spacial score (nSPS) is 18.9. The van der Waals surface area contributed by atoms with Crippen LogP contribution >= 0.6 is 0 Å². The molecule has 0 unspecified atom stereocenters. The molecule has 1 aliphatic heterocycles. The zero-order valence-electron chi connectivity index (χ0n) is 11.1. The van der Waals surface area contributed by atoms with E-state index in [-0.39, 0.29) is 6.04 Å². The van der Waals surface area contributed by atoms with Crippen molar-refractivity contribution in [2.75, 3.05) is 6.61 Å². The Hall–Kier alpha value is -1.88. The summed E-state index contributed by atoms with van der Waals surface area (Å²) in [4.78, 5) is 0. The molecule has 1 aromatic heterocycles. The zero-order valence-corrected chi connectivity index (χ0v) is 11.1. The van der Waals surface area contributed by atoms with Gasteiger partial charge in [0, 0.05) is 24.4 Å². The van der Waals surface area contributed by atoms with Crippen molar-refractivity contribution in [2.24, 2.45) is 0 Å². The second-order valence-electron chi connectivity index (χ2n) is 4.84. The van der Waals surface area contributed by atoms with E-state index in [1.54, 1.807) is 6.92 Å². The maximum absolute atomic E-state index is 5.70. The smallest absolute Gasteiger partial charge is 0.230 e. The molecule has 2 atom stereocenters. The summed E-state index contributed by atoms with van der Waals surface area (Å²) in [6.45, 7) is 5.25. The molecule has 5 nitrogen and oxygen atoms in total. The summed E-state index contributed by atoms with van der Waals surface area (Å²) < 4.78 is 11.0. The number of nitrogens with one attached hydrogen (secondary N) is 1. The van der Waals surface area contributed by atoms with E-state index in [4.69, 9.17) is 9.15 Å². The number of rotatable bonds is 4. The highest BCUT2D eigenvalue weighted by atomic mass is 16.5. The van der Waals surface area contributed by atoms with Crippen LogP contribution in [0.3, 0.4) is 0 Å². The lowest BCUT2D eigenvalue weighted by atomic mass is 9.94. The summed E-state index contributed by atoms with van der Waals surface area (Å²) in [6.07, 6.45) is 0. The monoisotopic (exact) mass is 259 g/mol.